The van der Waals surface area contributed by atoms with Gasteiger partial charge in [0.15, 0.2) is 0 Å². The fourth-order valence-corrected chi connectivity index (χ4v) is 3.05. The van der Waals surface area contributed by atoms with Crippen molar-refractivity contribution in [2.24, 2.45) is 5.11 Å². The molecule has 1 unspecified atom stereocenters. The topological polar surface area (TPSA) is 87.1 Å². The van der Waals surface area contributed by atoms with Crippen LogP contribution in [0, 0.1) is 0 Å². The molecule has 0 radical (unpaired) electrons. The van der Waals surface area contributed by atoms with Gasteiger partial charge in [0.05, 0.1) is 0 Å². The lowest BCUT2D eigenvalue weighted by molar-refractivity contribution is 0.140. The number of benzene rings is 2. The van der Waals surface area contributed by atoms with E-state index in [2.05, 4.69) is 39.6 Å². The van der Waals surface area contributed by atoms with Gasteiger partial charge in [-0.15, -0.1) is 0 Å². The zero-order chi connectivity index (χ0) is 16.9. The first-order valence-corrected chi connectivity index (χ1v) is 7.83. The second kappa shape index (κ2) is 7.06. The summed E-state index contributed by atoms with van der Waals surface area (Å²) >= 11 is 0. The smallest absolute Gasteiger partial charge is 0.407 e. The molecule has 3 rings (SSSR count). The summed E-state index contributed by atoms with van der Waals surface area (Å²) in [5.41, 5.74) is 13.0. The molecular weight excluding hydrogens is 304 g/mol. The second-order valence-corrected chi connectivity index (χ2v) is 5.78. The summed E-state index contributed by atoms with van der Waals surface area (Å²) in [5.74, 6) is 0.0376. The highest BCUT2D eigenvalue weighted by Crippen LogP contribution is 2.44. The Morgan fingerprint density at radius 1 is 1.21 bits per heavy atom. The summed E-state index contributed by atoms with van der Waals surface area (Å²) < 4.78 is 5.41. The molecule has 1 aliphatic rings. The van der Waals surface area contributed by atoms with Gasteiger partial charge in [0.2, 0.25) is 0 Å². The molecule has 0 aromatic heterocycles. The van der Waals surface area contributed by atoms with Crippen molar-refractivity contribution in [1.82, 2.24) is 5.32 Å². The first kappa shape index (κ1) is 15.9. The van der Waals surface area contributed by atoms with Crippen molar-refractivity contribution in [3.63, 3.8) is 0 Å². The van der Waals surface area contributed by atoms with Gasteiger partial charge in [0.25, 0.3) is 0 Å². The first-order valence-electron chi connectivity index (χ1n) is 7.83. The van der Waals surface area contributed by atoms with Crippen LogP contribution in [0.4, 0.5) is 4.79 Å². The Labute approximate surface area is 140 Å². The Morgan fingerprint density at radius 2 is 1.79 bits per heavy atom. The molecule has 6 heteroatoms. The van der Waals surface area contributed by atoms with Crippen LogP contribution in [0.15, 0.2) is 53.6 Å². The van der Waals surface area contributed by atoms with E-state index >= 15 is 0 Å². The lowest BCUT2D eigenvalue weighted by Gasteiger charge is -2.16. The van der Waals surface area contributed by atoms with Crippen molar-refractivity contribution in [3.05, 3.63) is 70.1 Å². The standard InChI is InChI=1S/C18H18N4O2/c1-12(10-20-22-19)21-18(23)24-11-17-15-8-4-2-6-13(15)14-7-3-5-9-16(14)17/h2-9,12,17H,10-11H2,1H3,(H,21,23). The van der Waals surface area contributed by atoms with E-state index in [0.717, 1.165) is 0 Å². The molecule has 1 N–H and O–H groups in total. The SMILES string of the molecule is CC(CN=[N+]=[N-])NC(=O)OCC1c2ccccc2-c2ccccc21. The first-order chi connectivity index (χ1) is 11.7. The molecule has 0 fully saturated rings. The number of alkyl carbamates (subject to hydrolysis) is 1. The predicted octanol–water partition coefficient (Wildman–Crippen LogP) is 4.22. The maximum Gasteiger partial charge on any atom is 0.407 e. The Balaban J connectivity index is 1.69. The van der Waals surface area contributed by atoms with E-state index in [1.807, 2.05) is 24.3 Å². The average molecular weight is 322 g/mol. The number of ether oxygens (including phenoxy) is 1. The van der Waals surface area contributed by atoms with Crippen LogP contribution in [-0.2, 0) is 4.74 Å². The van der Waals surface area contributed by atoms with Gasteiger partial charge in [-0.2, -0.15) is 0 Å². The van der Waals surface area contributed by atoms with E-state index in [1.165, 1.54) is 22.3 Å². The zero-order valence-electron chi connectivity index (χ0n) is 13.3. The van der Waals surface area contributed by atoms with Crippen LogP contribution in [0.1, 0.15) is 24.0 Å². The van der Waals surface area contributed by atoms with Crippen LogP contribution in [0.25, 0.3) is 21.6 Å². The molecule has 0 saturated heterocycles. The minimum atomic E-state index is -0.502. The lowest BCUT2D eigenvalue weighted by Crippen LogP contribution is -2.35. The van der Waals surface area contributed by atoms with E-state index in [1.54, 1.807) is 6.92 Å². The molecule has 0 bridgehead atoms. The minimum Gasteiger partial charge on any atom is -0.449 e. The van der Waals surface area contributed by atoms with Crippen LogP contribution in [0.2, 0.25) is 0 Å². The number of hydrogen-bond donors (Lipinski definition) is 1. The fourth-order valence-electron chi connectivity index (χ4n) is 3.05. The van der Waals surface area contributed by atoms with Gasteiger partial charge in [-0.25, -0.2) is 4.79 Å². The van der Waals surface area contributed by atoms with E-state index in [4.69, 9.17) is 10.3 Å². The van der Waals surface area contributed by atoms with Crippen molar-refractivity contribution in [2.45, 2.75) is 18.9 Å². The summed E-state index contributed by atoms with van der Waals surface area (Å²) in [6.07, 6.45) is -0.502. The van der Waals surface area contributed by atoms with Crippen LogP contribution in [0.5, 0.6) is 0 Å². The molecule has 122 valence electrons. The third-order valence-electron chi connectivity index (χ3n) is 4.13. The number of azide groups is 1. The maximum absolute atomic E-state index is 11.9. The van der Waals surface area contributed by atoms with E-state index in [0.29, 0.717) is 0 Å². The molecule has 2 aromatic rings. The third-order valence-corrected chi connectivity index (χ3v) is 4.13. The number of nitrogens with one attached hydrogen (secondary N) is 1. The number of rotatable bonds is 5. The molecule has 0 saturated carbocycles. The Bertz CT molecular complexity index is 754. The highest BCUT2D eigenvalue weighted by molar-refractivity contribution is 5.79. The largest absolute Gasteiger partial charge is 0.449 e. The van der Waals surface area contributed by atoms with Crippen molar-refractivity contribution >= 4 is 6.09 Å². The van der Waals surface area contributed by atoms with Crippen LogP contribution >= 0.6 is 0 Å². The van der Waals surface area contributed by atoms with Crippen molar-refractivity contribution < 1.29 is 9.53 Å². The molecule has 0 heterocycles. The molecular formula is C18H18N4O2. The zero-order valence-corrected chi connectivity index (χ0v) is 13.3. The van der Waals surface area contributed by atoms with Gasteiger partial charge < -0.3 is 10.1 Å². The number of nitrogens with zero attached hydrogens (tertiary/aromatic N) is 3. The van der Waals surface area contributed by atoms with Gasteiger partial charge in [-0.05, 0) is 34.7 Å². The normalized spacial score (nSPS) is 13.4. The molecule has 1 amide bonds. The second-order valence-electron chi connectivity index (χ2n) is 5.78. The summed E-state index contributed by atoms with van der Waals surface area (Å²) in [5, 5.41) is 6.09. The quantitative estimate of drug-likeness (QED) is 0.507. The average Bonchev–Trinajstić information content (AvgIpc) is 2.92. The van der Waals surface area contributed by atoms with Crippen LogP contribution in [0.3, 0.4) is 0 Å². The highest BCUT2D eigenvalue weighted by atomic mass is 16.5. The molecule has 1 atom stereocenters. The van der Waals surface area contributed by atoms with E-state index in [9.17, 15) is 4.79 Å². The van der Waals surface area contributed by atoms with Crippen molar-refractivity contribution in [1.29, 1.82) is 0 Å². The Kier molecular flexibility index (Phi) is 4.68. The van der Waals surface area contributed by atoms with Gasteiger partial charge in [-0.3, -0.25) is 0 Å². The maximum atomic E-state index is 11.9. The number of carbonyl (C=O) groups excluding carboxylic acids is 1. The molecule has 6 nitrogen and oxygen atoms in total. The third kappa shape index (κ3) is 3.19. The molecule has 0 aliphatic heterocycles. The van der Waals surface area contributed by atoms with Gasteiger partial charge in [0, 0.05) is 23.4 Å². The number of fused-ring (bicyclic) bond motifs is 3. The lowest BCUT2D eigenvalue weighted by atomic mass is 9.98. The molecule has 1 aliphatic carbocycles. The summed E-state index contributed by atoms with van der Waals surface area (Å²) in [4.78, 5) is 14.6. The monoisotopic (exact) mass is 322 g/mol. The van der Waals surface area contributed by atoms with Crippen LogP contribution < -0.4 is 5.32 Å². The number of carbonyl (C=O) groups is 1. The highest BCUT2D eigenvalue weighted by Gasteiger charge is 2.29. The molecule has 0 spiro atoms. The summed E-state index contributed by atoms with van der Waals surface area (Å²) in [6.45, 7) is 2.23. The van der Waals surface area contributed by atoms with Gasteiger partial charge >= 0.3 is 6.09 Å². The predicted molar refractivity (Wildman–Crippen MR) is 91.7 cm³/mol. The minimum absolute atomic E-state index is 0.0376. The molecule has 2 aromatic carbocycles. The summed E-state index contributed by atoms with van der Waals surface area (Å²) in [7, 11) is 0. The van der Waals surface area contributed by atoms with E-state index in [-0.39, 0.29) is 25.1 Å². The Hall–Kier alpha value is -2.98. The number of hydrogen-bond acceptors (Lipinski definition) is 3. The number of amides is 1. The summed E-state index contributed by atoms with van der Waals surface area (Å²) in [6, 6.07) is 16.1. The molecule has 24 heavy (non-hydrogen) atoms. The fraction of sp³-hybridized carbons (Fsp3) is 0.278. The van der Waals surface area contributed by atoms with Gasteiger partial charge in [-0.1, -0.05) is 53.6 Å². The van der Waals surface area contributed by atoms with E-state index < -0.39 is 6.09 Å². The Morgan fingerprint density at radius 3 is 2.38 bits per heavy atom. The van der Waals surface area contributed by atoms with Crippen molar-refractivity contribution in [3.8, 4) is 11.1 Å². The van der Waals surface area contributed by atoms with Crippen LogP contribution in [-0.4, -0.2) is 25.3 Å². The van der Waals surface area contributed by atoms with Crippen molar-refractivity contribution in [2.75, 3.05) is 13.2 Å². The van der Waals surface area contributed by atoms with Gasteiger partial charge in [0.1, 0.15) is 6.61 Å².